The lowest BCUT2D eigenvalue weighted by Crippen LogP contribution is -2.54. The molecule has 0 spiro atoms. The smallest absolute Gasteiger partial charge is 0.259 e. The molecule has 5 atom stereocenters. The SMILES string of the molecule is CC1OC(n2c3ccccc3c3c4c(c5c6ccccc6[nH]c5c32)C(=O)NC4=O)C(O)C(O)C1O. The van der Waals surface area contributed by atoms with Crippen LogP contribution in [0.1, 0.15) is 33.9 Å². The number of ether oxygens (including phenoxy) is 1. The van der Waals surface area contributed by atoms with Gasteiger partial charge in [0.1, 0.15) is 18.3 Å². The number of hydrogen-bond acceptors (Lipinski definition) is 6. The number of imide groups is 1. The van der Waals surface area contributed by atoms with Gasteiger partial charge in [-0.25, -0.2) is 0 Å². The van der Waals surface area contributed by atoms with E-state index in [1.807, 2.05) is 48.5 Å². The first-order valence-corrected chi connectivity index (χ1v) is 11.4. The molecule has 0 aliphatic carbocycles. The lowest BCUT2D eigenvalue weighted by atomic mass is 9.96. The monoisotopic (exact) mass is 471 g/mol. The number of benzene rings is 3. The van der Waals surface area contributed by atoms with Gasteiger partial charge in [-0.15, -0.1) is 0 Å². The number of carbonyl (C=O) groups is 2. The number of H-pyrrole nitrogens is 1. The molecular weight excluding hydrogens is 450 g/mol. The molecule has 7 rings (SSSR count). The van der Waals surface area contributed by atoms with Gasteiger partial charge in [0.15, 0.2) is 6.23 Å². The molecule has 1 saturated heterocycles. The molecular formula is C26H21N3O6. The number of nitrogens with zero attached hydrogens (tertiary/aromatic N) is 1. The van der Waals surface area contributed by atoms with Crippen molar-refractivity contribution >= 4 is 55.4 Å². The molecule has 2 aliphatic heterocycles. The highest BCUT2D eigenvalue weighted by molar-refractivity contribution is 6.39. The summed E-state index contributed by atoms with van der Waals surface area (Å²) in [4.78, 5) is 29.6. The Balaban J connectivity index is 1.72. The zero-order chi connectivity index (χ0) is 24.2. The van der Waals surface area contributed by atoms with Crippen molar-refractivity contribution in [2.45, 2.75) is 37.6 Å². The Morgan fingerprint density at radius 1 is 0.829 bits per heavy atom. The minimum absolute atomic E-state index is 0.274. The fraction of sp³-hybridized carbons (Fsp3) is 0.231. The zero-order valence-electron chi connectivity index (χ0n) is 18.5. The lowest BCUT2D eigenvalue weighted by molar-refractivity contribution is -0.238. The van der Waals surface area contributed by atoms with E-state index >= 15 is 0 Å². The predicted octanol–water partition coefficient (Wildman–Crippen LogP) is 2.31. The molecule has 5 N–H and O–H groups in total. The summed E-state index contributed by atoms with van der Waals surface area (Å²) in [5.41, 5.74) is 3.21. The molecule has 0 bridgehead atoms. The predicted molar refractivity (Wildman–Crippen MR) is 128 cm³/mol. The average Bonchev–Trinajstić information content (AvgIpc) is 3.49. The lowest BCUT2D eigenvalue weighted by Gasteiger charge is -2.40. The van der Waals surface area contributed by atoms with E-state index in [4.69, 9.17) is 4.74 Å². The van der Waals surface area contributed by atoms with E-state index < -0.39 is 42.5 Å². The topological polar surface area (TPSA) is 137 Å². The third-order valence-electron chi connectivity index (χ3n) is 7.37. The number of aliphatic hydroxyl groups is 3. The zero-order valence-corrected chi connectivity index (χ0v) is 18.5. The Bertz CT molecular complexity index is 1730. The molecule has 2 aromatic heterocycles. The van der Waals surface area contributed by atoms with Crippen LogP contribution in [0.3, 0.4) is 0 Å². The van der Waals surface area contributed by atoms with Crippen LogP contribution in [0.15, 0.2) is 48.5 Å². The highest BCUT2D eigenvalue weighted by Crippen LogP contribution is 2.45. The molecule has 9 heteroatoms. The molecule has 9 nitrogen and oxygen atoms in total. The summed E-state index contributed by atoms with van der Waals surface area (Å²) in [6.07, 6.45) is -5.94. The van der Waals surface area contributed by atoms with Crippen molar-refractivity contribution in [3.63, 3.8) is 0 Å². The maximum Gasteiger partial charge on any atom is 0.259 e. The Morgan fingerprint density at radius 3 is 2.26 bits per heavy atom. The van der Waals surface area contributed by atoms with Gasteiger partial charge in [0.05, 0.1) is 33.8 Å². The summed E-state index contributed by atoms with van der Waals surface area (Å²) in [5.74, 6) is -0.946. The number of aromatic amines is 1. The summed E-state index contributed by atoms with van der Waals surface area (Å²) in [5, 5.41) is 37.0. The van der Waals surface area contributed by atoms with Crippen molar-refractivity contribution in [1.29, 1.82) is 0 Å². The second-order valence-electron chi connectivity index (χ2n) is 9.27. The van der Waals surface area contributed by atoms with Crippen LogP contribution in [0, 0.1) is 0 Å². The van der Waals surface area contributed by atoms with Crippen LogP contribution in [0.2, 0.25) is 0 Å². The van der Waals surface area contributed by atoms with E-state index in [0.29, 0.717) is 38.3 Å². The maximum atomic E-state index is 13.1. The highest BCUT2D eigenvalue weighted by atomic mass is 16.5. The average molecular weight is 471 g/mol. The molecule has 5 aromatic rings. The number of para-hydroxylation sites is 2. The van der Waals surface area contributed by atoms with Gasteiger partial charge in [0.2, 0.25) is 0 Å². The van der Waals surface area contributed by atoms with Crippen LogP contribution in [0.25, 0.3) is 43.6 Å². The fourth-order valence-electron chi connectivity index (χ4n) is 5.78. The van der Waals surface area contributed by atoms with Gasteiger partial charge in [-0.1, -0.05) is 36.4 Å². The number of nitrogens with one attached hydrogen (secondary N) is 2. The molecule has 5 unspecified atom stereocenters. The van der Waals surface area contributed by atoms with Crippen molar-refractivity contribution in [2.24, 2.45) is 0 Å². The van der Waals surface area contributed by atoms with E-state index in [9.17, 15) is 24.9 Å². The van der Waals surface area contributed by atoms with Gasteiger partial charge in [0, 0.05) is 27.1 Å². The van der Waals surface area contributed by atoms with Crippen LogP contribution in [-0.2, 0) is 4.74 Å². The normalized spacial score (nSPS) is 26.8. The van der Waals surface area contributed by atoms with Crippen LogP contribution in [0.5, 0.6) is 0 Å². The number of aliphatic hydroxyl groups excluding tert-OH is 3. The maximum absolute atomic E-state index is 13.1. The van der Waals surface area contributed by atoms with Crippen molar-refractivity contribution in [1.82, 2.24) is 14.9 Å². The summed E-state index contributed by atoms with van der Waals surface area (Å²) in [7, 11) is 0. The van der Waals surface area contributed by atoms with Gasteiger partial charge < -0.3 is 29.6 Å². The van der Waals surface area contributed by atoms with E-state index in [-0.39, 0.29) is 5.56 Å². The van der Waals surface area contributed by atoms with Crippen molar-refractivity contribution in [3.8, 4) is 0 Å². The second kappa shape index (κ2) is 6.89. The Hall–Kier alpha value is -3.76. The van der Waals surface area contributed by atoms with Crippen molar-refractivity contribution < 1.29 is 29.6 Å². The third kappa shape index (κ3) is 2.50. The van der Waals surface area contributed by atoms with Gasteiger partial charge in [-0.05, 0) is 19.1 Å². The minimum Gasteiger partial charge on any atom is -0.388 e. The number of hydrogen-bond donors (Lipinski definition) is 5. The Labute approximate surface area is 197 Å². The number of rotatable bonds is 1. The number of aromatic nitrogens is 2. The molecule has 176 valence electrons. The largest absolute Gasteiger partial charge is 0.388 e. The third-order valence-corrected chi connectivity index (χ3v) is 7.37. The summed E-state index contributed by atoms with van der Waals surface area (Å²) in [6.45, 7) is 1.63. The van der Waals surface area contributed by atoms with Crippen molar-refractivity contribution in [2.75, 3.05) is 0 Å². The molecule has 0 saturated carbocycles. The number of carbonyl (C=O) groups excluding carboxylic acids is 2. The highest BCUT2D eigenvalue weighted by Gasteiger charge is 2.44. The van der Waals surface area contributed by atoms with Gasteiger partial charge >= 0.3 is 0 Å². The van der Waals surface area contributed by atoms with Gasteiger partial charge in [0.25, 0.3) is 11.8 Å². The standard InChI is InChI=1S/C26H21N3O6/c1-10-21(30)22(31)23(32)26(35-10)29-14-9-5-3-7-12(14)16-18-17(24(33)28-25(18)34)15-11-6-2-4-8-13(11)27-19(15)20(16)29/h2-10,21-23,26-27,30-32H,1H3,(H,28,33,34). The van der Waals surface area contributed by atoms with E-state index in [1.165, 1.54) is 0 Å². The Kier molecular flexibility index (Phi) is 4.06. The fourth-order valence-corrected chi connectivity index (χ4v) is 5.78. The first kappa shape index (κ1) is 20.6. The number of amides is 2. The molecule has 0 radical (unpaired) electrons. The van der Waals surface area contributed by atoms with E-state index in [2.05, 4.69) is 10.3 Å². The van der Waals surface area contributed by atoms with Crippen LogP contribution in [-0.4, -0.2) is 61.1 Å². The molecule has 35 heavy (non-hydrogen) atoms. The minimum atomic E-state index is -1.44. The summed E-state index contributed by atoms with van der Waals surface area (Å²) < 4.78 is 7.81. The molecule has 1 fully saturated rings. The van der Waals surface area contributed by atoms with Crippen LogP contribution >= 0.6 is 0 Å². The van der Waals surface area contributed by atoms with Crippen molar-refractivity contribution in [3.05, 3.63) is 59.7 Å². The molecule has 2 aliphatic rings. The molecule has 4 heterocycles. The Morgan fingerprint density at radius 2 is 1.49 bits per heavy atom. The summed E-state index contributed by atoms with van der Waals surface area (Å²) >= 11 is 0. The van der Waals surface area contributed by atoms with Crippen LogP contribution < -0.4 is 5.32 Å². The molecule has 3 aromatic carbocycles. The first-order valence-electron chi connectivity index (χ1n) is 11.4. The van der Waals surface area contributed by atoms with Crippen LogP contribution in [0.4, 0.5) is 0 Å². The first-order chi connectivity index (χ1) is 16.9. The second-order valence-corrected chi connectivity index (χ2v) is 9.27. The van der Waals surface area contributed by atoms with Gasteiger partial charge in [-0.2, -0.15) is 0 Å². The number of fused-ring (bicyclic) bond motifs is 10. The molecule has 2 amide bonds. The van der Waals surface area contributed by atoms with E-state index in [0.717, 1.165) is 10.9 Å². The van der Waals surface area contributed by atoms with E-state index in [1.54, 1.807) is 11.5 Å². The van der Waals surface area contributed by atoms with Gasteiger partial charge in [-0.3, -0.25) is 14.9 Å². The summed E-state index contributed by atoms with van der Waals surface area (Å²) in [6, 6.07) is 14.9. The quantitative estimate of drug-likeness (QED) is 0.238.